The van der Waals surface area contributed by atoms with Gasteiger partial charge in [0.05, 0.1) is 11.9 Å². The van der Waals surface area contributed by atoms with Crippen LogP contribution in [0.15, 0.2) is 0 Å². The standard InChI is InChI=1S/C9H22N2O3S/c1-9(8-12)15(13,14)11(4)7-5-6-10(2)3/h9,12H,5-8H2,1-4H3. The van der Waals surface area contributed by atoms with Gasteiger partial charge in [0.2, 0.25) is 10.0 Å². The van der Waals surface area contributed by atoms with Crippen molar-refractivity contribution in [3.8, 4) is 0 Å². The van der Waals surface area contributed by atoms with Crippen molar-refractivity contribution in [3.63, 3.8) is 0 Å². The Hall–Kier alpha value is -0.170. The molecule has 0 fully saturated rings. The van der Waals surface area contributed by atoms with Crippen LogP contribution in [0.1, 0.15) is 13.3 Å². The Morgan fingerprint density at radius 2 is 1.73 bits per heavy atom. The summed E-state index contributed by atoms with van der Waals surface area (Å²) < 4.78 is 24.7. The van der Waals surface area contributed by atoms with Crippen LogP contribution in [-0.4, -0.2) is 68.8 Å². The highest BCUT2D eigenvalue weighted by Gasteiger charge is 2.24. The average molecular weight is 238 g/mol. The number of nitrogens with zero attached hydrogens (tertiary/aromatic N) is 2. The highest BCUT2D eigenvalue weighted by Crippen LogP contribution is 2.06. The quantitative estimate of drug-likeness (QED) is 0.654. The van der Waals surface area contributed by atoms with E-state index < -0.39 is 15.3 Å². The molecular weight excluding hydrogens is 216 g/mol. The van der Waals surface area contributed by atoms with Crippen molar-refractivity contribution >= 4 is 10.0 Å². The molecule has 0 heterocycles. The normalized spacial score (nSPS) is 14.9. The monoisotopic (exact) mass is 238 g/mol. The molecule has 0 saturated carbocycles. The summed E-state index contributed by atoms with van der Waals surface area (Å²) in [5, 5.41) is 8.10. The van der Waals surface area contributed by atoms with E-state index in [0.717, 1.165) is 13.0 Å². The largest absolute Gasteiger partial charge is 0.395 e. The molecule has 0 aliphatic carbocycles. The van der Waals surface area contributed by atoms with Gasteiger partial charge in [0.15, 0.2) is 0 Å². The average Bonchev–Trinajstić information content (AvgIpc) is 2.15. The molecule has 0 saturated heterocycles. The molecule has 0 bridgehead atoms. The lowest BCUT2D eigenvalue weighted by Crippen LogP contribution is -2.37. The fourth-order valence-electron chi connectivity index (χ4n) is 1.14. The fraction of sp³-hybridized carbons (Fsp3) is 1.00. The first-order valence-electron chi connectivity index (χ1n) is 5.03. The zero-order chi connectivity index (χ0) is 12.1. The van der Waals surface area contributed by atoms with E-state index in [1.807, 2.05) is 19.0 Å². The molecule has 0 radical (unpaired) electrons. The molecule has 0 aromatic rings. The van der Waals surface area contributed by atoms with Gasteiger partial charge in [-0.2, -0.15) is 0 Å². The Labute approximate surface area is 92.7 Å². The van der Waals surface area contributed by atoms with Crippen LogP contribution in [0.5, 0.6) is 0 Å². The van der Waals surface area contributed by atoms with Crippen LogP contribution >= 0.6 is 0 Å². The van der Waals surface area contributed by atoms with Crippen LogP contribution in [0.4, 0.5) is 0 Å². The van der Waals surface area contributed by atoms with E-state index in [1.165, 1.54) is 11.2 Å². The molecule has 6 heteroatoms. The number of hydrogen-bond donors (Lipinski definition) is 1. The van der Waals surface area contributed by atoms with Crippen LogP contribution in [0.3, 0.4) is 0 Å². The first-order valence-corrected chi connectivity index (χ1v) is 6.53. The Balaban J connectivity index is 4.15. The van der Waals surface area contributed by atoms with E-state index in [9.17, 15) is 8.42 Å². The highest BCUT2D eigenvalue weighted by molar-refractivity contribution is 7.89. The van der Waals surface area contributed by atoms with E-state index in [-0.39, 0.29) is 6.61 Å². The fourth-order valence-corrected chi connectivity index (χ4v) is 2.32. The molecule has 0 spiro atoms. The summed E-state index contributed by atoms with van der Waals surface area (Å²) in [5.41, 5.74) is 0. The maximum Gasteiger partial charge on any atom is 0.218 e. The number of aliphatic hydroxyl groups excluding tert-OH is 1. The Kier molecular flexibility index (Phi) is 6.35. The van der Waals surface area contributed by atoms with Gasteiger partial charge in [-0.15, -0.1) is 0 Å². The zero-order valence-corrected chi connectivity index (χ0v) is 10.8. The lowest BCUT2D eigenvalue weighted by molar-refractivity contribution is 0.289. The molecule has 92 valence electrons. The highest BCUT2D eigenvalue weighted by atomic mass is 32.2. The van der Waals surface area contributed by atoms with E-state index in [2.05, 4.69) is 0 Å². The smallest absolute Gasteiger partial charge is 0.218 e. The molecule has 1 atom stereocenters. The zero-order valence-electron chi connectivity index (χ0n) is 9.97. The SMILES string of the molecule is CC(CO)S(=O)(=O)N(C)CCCN(C)C. The molecule has 0 aromatic heterocycles. The second kappa shape index (κ2) is 6.42. The van der Waals surface area contributed by atoms with Gasteiger partial charge in [0, 0.05) is 13.6 Å². The van der Waals surface area contributed by atoms with Crippen LogP contribution in [0.25, 0.3) is 0 Å². The summed E-state index contributed by atoms with van der Waals surface area (Å²) in [6, 6.07) is 0. The van der Waals surface area contributed by atoms with E-state index >= 15 is 0 Å². The maximum atomic E-state index is 11.7. The topological polar surface area (TPSA) is 60.9 Å². The summed E-state index contributed by atoms with van der Waals surface area (Å²) in [6.07, 6.45) is 0.793. The lowest BCUT2D eigenvalue weighted by atomic mass is 10.4. The molecule has 15 heavy (non-hydrogen) atoms. The minimum Gasteiger partial charge on any atom is -0.395 e. The summed E-state index contributed by atoms with van der Waals surface area (Å²) in [5.74, 6) is 0. The minimum atomic E-state index is -3.32. The number of hydrogen-bond acceptors (Lipinski definition) is 4. The van der Waals surface area contributed by atoms with Crippen molar-refractivity contribution in [3.05, 3.63) is 0 Å². The number of sulfonamides is 1. The van der Waals surface area contributed by atoms with Gasteiger partial charge < -0.3 is 10.0 Å². The second-order valence-corrected chi connectivity index (χ2v) is 6.47. The van der Waals surface area contributed by atoms with Gasteiger partial charge in [-0.1, -0.05) is 0 Å². The lowest BCUT2D eigenvalue weighted by Gasteiger charge is -2.21. The second-order valence-electron chi connectivity index (χ2n) is 4.02. The first kappa shape index (κ1) is 14.8. The molecule has 0 aliphatic rings. The van der Waals surface area contributed by atoms with Crippen molar-refractivity contribution in [2.45, 2.75) is 18.6 Å². The Morgan fingerprint density at radius 1 is 1.20 bits per heavy atom. The molecule has 0 rings (SSSR count). The van der Waals surface area contributed by atoms with Crippen LogP contribution in [0.2, 0.25) is 0 Å². The molecule has 0 aliphatic heterocycles. The molecule has 1 unspecified atom stereocenters. The van der Waals surface area contributed by atoms with Crippen molar-refractivity contribution < 1.29 is 13.5 Å². The van der Waals surface area contributed by atoms with Crippen molar-refractivity contribution in [1.82, 2.24) is 9.21 Å². The van der Waals surface area contributed by atoms with Crippen molar-refractivity contribution in [2.75, 3.05) is 40.8 Å². The van der Waals surface area contributed by atoms with E-state index in [0.29, 0.717) is 6.54 Å². The maximum absolute atomic E-state index is 11.7. The van der Waals surface area contributed by atoms with Gasteiger partial charge in [-0.3, -0.25) is 0 Å². The molecule has 1 N–H and O–H groups in total. The van der Waals surface area contributed by atoms with Gasteiger partial charge >= 0.3 is 0 Å². The predicted molar refractivity (Wildman–Crippen MR) is 61.3 cm³/mol. The summed E-state index contributed by atoms with van der Waals surface area (Å²) in [4.78, 5) is 2.01. The number of aliphatic hydroxyl groups is 1. The van der Waals surface area contributed by atoms with E-state index in [1.54, 1.807) is 7.05 Å². The van der Waals surface area contributed by atoms with Crippen molar-refractivity contribution in [1.29, 1.82) is 0 Å². The van der Waals surface area contributed by atoms with Gasteiger partial charge in [-0.05, 0) is 34.0 Å². The Morgan fingerprint density at radius 3 is 2.13 bits per heavy atom. The van der Waals surface area contributed by atoms with E-state index in [4.69, 9.17) is 5.11 Å². The molecule has 0 amide bonds. The van der Waals surface area contributed by atoms with Gasteiger partial charge in [0.25, 0.3) is 0 Å². The summed E-state index contributed by atoms with van der Waals surface area (Å²) >= 11 is 0. The van der Waals surface area contributed by atoms with Gasteiger partial charge in [-0.25, -0.2) is 12.7 Å². The van der Waals surface area contributed by atoms with Crippen LogP contribution in [-0.2, 0) is 10.0 Å². The summed E-state index contributed by atoms with van der Waals surface area (Å²) in [7, 11) is 2.13. The molecule has 0 aromatic carbocycles. The Bertz CT molecular complexity index is 265. The van der Waals surface area contributed by atoms with Crippen LogP contribution in [0, 0.1) is 0 Å². The third-order valence-corrected chi connectivity index (χ3v) is 4.50. The third kappa shape index (κ3) is 4.92. The third-order valence-electron chi connectivity index (χ3n) is 2.28. The molecule has 5 nitrogen and oxygen atoms in total. The minimum absolute atomic E-state index is 0.333. The summed E-state index contributed by atoms with van der Waals surface area (Å²) in [6.45, 7) is 2.52. The number of rotatable bonds is 7. The van der Waals surface area contributed by atoms with Crippen LogP contribution < -0.4 is 0 Å². The first-order chi connectivity index (χ1) is 6.82. The molecular formula is C9H22N2O3S. The van der Waals surface area contributed by atoms with Gasteiger partial charge in [0.1, 0.15) is 0 Å². The predicted octanol–water partition coefficient (Wildman–Crippen LogP) is -0.419. The van der Waals surface area contributed by atoms with Crippen molar-refractivity contribution in [2.24, 2.45) is 0 Å².